The summed E-state index contributed by atoms with van der Waals surface area (Å²) in [6, 6.07) is 6.91. The molecule has 0 bridgehead atoms. The fourth-order valence-electron chi connectivity index (χ4n) is 2.58. The summed E-state index contributed by atoms with van der Waals surface area (Å²) in [5.74, 6) is -0.960. The Kier molecular flexibility index (Phi) is 4.75. The van der Waals surface area contributed by atoms with E-state index in [9.17, 15) is 9.59 Å². The molecule has 2 unspecified atom stereocenters. The van der Waals surface area contributed by atoms with Crippen LogP contribution in [0.3, 0.4) is 0 Å². The summed E-state index contributed by atoms with van der Waals surface area (Å²) in [5, 5.41) is 9.75. The van der Waals surface area contributed by atoms with Gasteiger partial charge in [-0.1, -0.05) is 32.0 Å². The highest BCUT2D eigenvalue weighted by Gasteiger charge is 2.49. The van der Waals surface area contributed by atoms with Crippen LogP contribution in [0.4, 0.5) is 0 Å². The summed E-state index contributed by atoms with van der Waals surface area (Å²) in [6.07, 6.45) is 3.13. The van der Waals surface area contributed by atoms with E-state index in [1.54, 1.807) is 0 Å². The zero-order chi connectivity index (χ0) is 17.2. The number of carbonyl (C=O) groups excluding carboxylic acids is 1. The second-order valence-corrected chi connectivity index (χ2v) is 6.66. The van der Waals surface area contributed by atoms with Gasteiger partial charge in [0.25, 0.3) is 0 Å². The van der Waals surface area contributed by atoms with Gasteiger partial charge in [0.1, 0.15) is 6.04 Å². The first-order valence-electron chi connectivity index (χ1n) is 7.55. The van der Waals surface area contributed by atoms with Crippen molar-refractivity contribution in [3.8, 4) is 0 Å². The van der Waals surface area contributed by atoms with Crippen LogP contribution in [0.1, 0.15) is 25.8 Å². The molecule has 1 aliphatic rings. The van der Waals surface area contributed by atoms with Gasteiger partial charge in [0, 0.05) is 29.4 Å². The van der Waals surface area contributed by atoms with E-state index in [2.05, 4.69) is 18.8 Å². The number of primary amides is 1. The lowest BCUT2D eigenvalue weighted by Crippen LogP contribution is -2.32. The van der Waals surface area contributed by atoms with Gasteiger partial charge in [-0.2, -0.15) is 0 Å². The summed E-state index contributed by atoms with van der Waals surface area (Å²) >= 11 is 0. The fraction of sp³-hybridized carbons (Fsp3) is 0.412. The molecule has 1 fully saturated rings. The first-order valence-corrected chi connectivity index (χ1v) is 7.55. The Morgan fingerprint density at radius 1 is 1.39 bits per heavy atom. The summed E-state index contributed by atoms with van der Waals surface area (Å²) in [5.41, 5.74) is 12.7. The number of nitrogens with two attached hydrogens (primary N) is 2. The summed E-state index contributed by atoms with van der Waals surface area (Å²) in [4.78, 5) is 24.1. The SMILES string of the molecule is CC1(C)CC1C(N)=O.NC(Cc1c[nH]c2ccccc12)C(=O)O. The number of hydrogen-bond acceptors (Lipinski definition) is 3. The molecular weight excluding hydrogens is 294 g/mol. The van der Waals surface area contributed by atoms with Crippen molar-refractivity contribution in [1.82, 2.24) is 4.98 Å². The maximum atomic E-state index is 10.6. The van der Waals surface area contributed by atoms with E-state index >= 15 is 0 Å². The number of carboxylic acids is 1. The van der Waals surface area contributed by atoms with Crippen LogP contribution in [-0.2, 0) is 16.0 Å². The number of carboxylic acid groups (broad SMARTS) is 1. The van der Waals surface area contributed by atoms with Crippen molar-refractivity contribution in [2.24, 2.45) is 22.8 Å². The molecule has 6 N–H and O–H groups in total. The molecule has 1 aromatic heterocycles. The minimum atomic E-state index is -0.972. The molecule has 3 rings (SSSR count). The third kappa shape index (κ3) is 4.10. The number of aliphatic carboxylic acids is 1. The number of fused-ring (bicyclic) bond motifs is 1. The van der Waals surface area contributed by atoms with Crippen molar-refractivity contribution in [3.05, 3.63) is 36.0 Å². The third-order valence-corrected chi connectivity index (χ3v) is 4.29. The van der Waals surface area contributed by atoms with Crippen molar-refractivity contribution in [3.63, 3.8) is 0 Å². The summed E-state index contributed by atoms with van der Waals surface area (Å²) in [7, 11) is 0. The van der Waals surface area contributed by atoms with Gasteiger partial charge in [-0.25, -0.2) is 0 Å². The number of aromatic nitrogens is 1. The average molecular weight is 317 g/mol. The number of benzene rings is 1. The molecule has 1 aliphatic carbocycles. The number of para-hydroxylation sites is 1. The minimum absolute atomic E-state index is 0.144. The van der Waals surface area contributed by atoms with Gasteiger partial charge < -0.3 is 21.6 Å². The highest BCUT2D eigenvalue weighted by molar-refractivity contribution is 5.84. The molecule has 1 amide bonds. The van der Waals surface area contributed by atoms with Gasteiger partial charge >= 0.3 is 5.97 Å². The lowest BCUT2D eigenvalue weighted by atomic mass is 10.1. The van der Waals surface area contributed by atoms with Crippen LogP contribution in [0.25, 0.3) is 10.9 Å². The first-order chi connectivity index (χ1) is 10.7. The number of H-pyrrole nitrogens is 1. The highest BCUT2D eigenvalue weighted by Crippen LogP contribution is 2.51. The monoisotopic (exact) mass is 317 g/mol. The molecule has 0 radical (unpaired) electrons. The topological polar surface area (TPSA) is 122 Å². The number of hydrogen-bond donors (Lipinski definition) is 4. The Morgan fingerprint density at radius 2 is 2.00 bits per heavy atom. The number of aromatic amines is 1. The normalized spacial score (nSPS) is 19.5. The minimum Gasteiger partial charge on any atom is -0.480 e. The molecule has 1 saturated carbocycles. The molecule has 1 heterocycles. The Hall–Kier alpha value is -2.34. The quantitative estimate of drug-likeness (QED) is 0.684. The highest BCUT2D eigenvalue weighted by atomic mass is 16.4. The Balaban J connectivity index is 0.000000203. The van der Waals surface area contributed by atoms with E-state index < -0.39 is 12.0 Å². The lowest BCUT2D eigenvalue weighted by Gasteiger charge is -2.04. The molecule has 6 nitrogen and oxygen atoms in total. The molecular formula is C17H23N3O3. The van der Waals surface area contributed by atoms with Crippen molar-refractivity contribution in [2.75, 3.05) is 0 Å². The van der Waals surface area contributed by atoms with Crippen molar-refractivity contribution < 1.29 is 14.7 Å². The zero-order valence-electron chi connectivity index (χ0n) is 13.4. The molecule has 2 atom stereocenters. The Labute approximate surface area is 134 Å². The molecule has 2 aromatic rings. The number of nitrogens with one attached hydrogen (secondary N) is 1. The maximum Gasteiger partial charge on any atom is 0.320 e. The lowest BCUT2D eigenvalue weighted by molar-refractivity contribution is -0.138. The van der Waals surface area contributed by atoms with Crippen LogP contribution >= 0.6 is 0 Å². The van der Waals surface area contributed by atoms with Gasteiger partial charge in [-0.3, -0.25) is 9.59 Å². The average Bonchev–Trinajstić information content (AvgIpc) is 2.95. The van der Waals surface area contributed by atoms with Crippen LogP contribution in [0.5, 0.6) is 0 Å². The molecule has 0 aliphatic heterocycles. The van der Waals surface area contributed by atoms with Crippen LogP contribution in [0.15, 0.2) is 30.5 Å². The van der Waals surface area contributed by atoms with Gasteiger partial charge in [0.05, 0.1) is 0 Å². The fourth-order valence-corrected chi connectivity index (χ4v) is 2.58. The van der Waals surface area contributed by atoms with Crippen LogP contribution in [0, 0.1) is 11.3 Å². The number of amides is 1. The smallest absolute Gasteiger partial charge is 0.320 e. The molecule has 6 heteroatoms. The van der Waals surface area contributed by atoms with E-state index in [1.165, 1.54) is 0 Å². The second-order valence-electron chi connectivity index (χ2n) is 6.66. The van der Waals surface area contributed by atoms with Crippen LogP contribution in [0.2, 0.25) is 0 Å². The molecule has 0 saturated heterocycles. The van der Waals surface area contributed by atoms with Crippen molar-refractivity contribution in [2.45, 2.75) is 32.7 Å². The molecule has 23 heavy (non-hydrogen) atoms. The van der Waals surface area contributed by atoms with E-state index in [4.69, 9.17) is 16.6 Å². The van der Waals surface area contributed by atoms with Gasteiger partial charge in [0.2, 0.25) is 5.91 Å². The standard InChI is InChI=1S/C11H12N2O2.C6H11NO/c12-9(11(14)15)5-7-6-13-10-4-2-1-3-8(7)10;1-6(2)3-4(6)5(7)8/h1-4,6,9,13H,5,12H2,(H,14,15);4H,3H2,1-2H3,(H2,7,8). The van der Waals surface area contributed by atoms with Crippen molar-refractivity contribution >= 4 is 22.8 Å². The van der Waals surface area contributed by atoms with E-state index in [0.29, 0.717) is 6.42 Å². The largest absolute Gasteiger partial charge is 0.480 e. The van der Waals surface area contributed by atoms with Gasteiger partial charge in [0.15, 0.2) is 0 Å². The van der Waals surface area contributed by atoms with Gasteiger partial charge in [-0.15, -0.1) is 0 Å². The van der Waals surface area contributed by atoms with Crippen LogP contribution in [-0.4, -0.2) is 28.0 Å². The van der Waals surface area contributed by atoms with Gasteiger partial charge in [-0.05, 0) is 23.5 Å². The molecule has 1 aromatic carbocycles. The second kappa shape index (κ2) is 6.42. The summed E-state index contributed by atoms with van der Waals surface area (Å²) in [6.45, 7) is 4.12. The number of carbonyl (C=O) groups is 2. The Morgan fingerprint density at radius 3 is 2.48 bits per heavy atom. The van der Waals surface area contributed by atoms with Crippen molar-refractivity contribution in [1.29, 1.82) is 0 Å². The first kappa shape index (κ1) is 17.0. The molecule has 0 spiro atoms. The predicted molar refractivity (Wildman–Crippen MR) is 88.7 cm³/mol. The Bertz CT molecular complexity index is 721. The maximum absolute atomic E-state index is 10.6. The van der Waals surface area contributed by atoms with Crippen LogP contribution < -0.4 is 11.5 Å². The van der Waals surface area contributed by atoms with E-state index in [0.717, 1.165) is 22.9 Å². The predicted octanol–water partition coefficient (Wildman–Crippen LogP) is 1.64. The zero-order valence-corrected chi connectivity index (χ0v) is 13.4. The van der Waals surface area contributed by atoms with E-state index in [1.807, 2.05) is 30.5 Å². The molecule has 124 valence electrons. The van der Waals surface area contributed by atoms with E-state index in [-0.39, 0.29) is 17.2 Å². The summed E-state index contributed by atoms with van der Waals surface area (Å²) < 4.78 is 0. The third-order valence-electron chi connectivity index (χ3n) is 4.29. The number of rotatable bonds is 4.